The van der Waals surface area contributed by atoms with E-state index in [1.807, 2.05) is 37.3 Å². The molecule has 1 atom stereocenters. The zero-order valence-corrected chi connectivity index (χ0v) is 10.3. The number of aliphatic carboxylic acids is 1. The first-order chi connectivity index (χ1) is 8.56. The van der Waals surface area contributed by atoms with E-state index in [0.29, 0.717) is 12.8 Å². The van der Waals surface area contributed by atoms with Crippen LogP contribution in [0.2, 0.25) is 0 Å². The molecule has 0 saturated heterocycles. The number of benzene rings is 1. The maximum atomic E-state index is 12.1. The van der Waals surface area contributed by atoms with Crippen molar-refractivity contribution >= 4 is 11.9 Å². The van der Waals surface area contributed by atoms with Crippen LogP contribution < -0.4 is 5.32 Å². The molecule has 0 spiro atoms. The van der Waals surface area contributed by atoms with Crippen molar-refractivity contribution in [3.05, 3.63) is 35.9 Å². The number of hydrogen-bond acceptors (Lipinski definition) is 2. The van der Waals surface area contributed by atoms with Gasteiger partial charge in [-0.1, -0.05) is 36.8 Å². The summed E-state index contributed by atoms with van der Waals surface area (Å²) in [6.07, 6.45) is 1.69. The first kappa shape index (κ1) is 12.6. The molecule has 1 aromatic rings. The van der Waals surface area contributed by atoms with Gasteiger partial charge in [0.15, 0.2) is 0 Å². The highest BCUT2D eigenvalue weighted by atomic mass is 16.4. The Hall–Kier alpha value is -1.84. The maximum absolute atomic E-state index is 12.1. The molecule has 1 saturated carbocycles. The Kier molecular flexibility index (Phi) is 3.36. The van der Waals surface area contributed by atoms with Crippen LogP contribution >= 0.6 is 0 Å². The lowest BCUT2D eigenvalue weighted by molar-refractivity contribution is -0.162. The summed E-state index contributed by atoms with van der Waals surface area (Å²) in [5.74, 6) is -1.37. The third-order valence-electron chi connectivity index (χ3n) is 3.70. The second-order valence-electron chi connectivity index (χ2n) is 4.85. The molecule has 1 aliphatic rings. The summed E-state index contributed by atoms with van der Waals surface area (Å²) in [5, 5.41) is 12.0. The van der Waals surface area contributed by atoms with E-state index in [9.17, 15) is 14.7 Å². The van der Waals surface area contributed by atoms with Crippen LogP contribution in [0, 0.1) is 5.41 Å². The third kappa shape index (κ3) is 2.10. The number of nitrogens with one attached hydrogen (secondary N) is 1. The normalized spacial score (nSPS) is 18.5. The molecule has 1 amide bonds. The fourth-order valence-corrected chi connectivity index (χ4v) is 2.23. The smallest absolute Gasteiger partial charge is 0.319 e. The summed E-state index contributed by atoms with van der Waals surface area (Å²) in [6, 6.07) is 9.36. The summed E-state index contributed by atoms with van der Waals surface area (Å²) in [6.45, 7) is 1.86. The van der Waals surface area contributed by atoms with E-state index in [4.69, 9.17) is 0 Å². The molecule has 2 N–H and O–H groups in total. The van der Waals surface area contributed by atoms with E-state index in [0.717, 1.165) is 12.0 Å². The quantitative estimate of drug-likeness (QED) is 0.801. The van der Waals surface area contributed by atoms with Gasteiger partial charge >= 0.3 is 5.97 Å². The average molecular weight is 247 g/mol. The van der Waals surface area contributed by atoms with Crippen molar-refractivity contribution < 1.29 is 14.7 Å². The van der Waals surface area contributed by atoms with E-state index in [1.54, 1.807) is 0 Å². The van der Waals surface area contributed by atoms with E-state index in [2.05, 4.69) is 5.32 Å². The molecule has 0 bridgehead atoms. The fourth-order valence-electron chi connectivity index (χ4n) is 2.23. The number of carbonyl (C=O) groups is 2. The maximum Gasteiger partial charge on any atom is 0.319 e. The van der Waals surface area contributed by atoms with Crippen LogP contribution in [0.5, 0.6) is 0 Å². The predicted molar refractivity (Wildman–Crippen MR) is 66.9 cm³/mol. The van der Waals surface area contributed by atoms with Gasteiger partial charge in [-0.25, -0.2) is 0 Å². The average Bonchev–Trinajstić information content (AvgIpc) is 2.28. The van der Waals surface area contributed by atoms with Crippen molar-refractivity contribution in [1.29, 1.82) is 0 Å². The van der Waals surface area contributed by atoms with Gasteiger partial charge in [0.25, 0.3) is 0 Å². The fraction of sp³-hybridized carbons (Fsp3) is 0.429. The lowest BCUT2D eigenvalue weighted by atomic mass is 9.68. The van der Waals surface area contributed by atoms with Crippen molar-refractivity contribution in [2.24, 2.45) is 5.41 Å². The van der Waals surface area contributed by atoms with Gasteiger partial charge in [0.1, 0.15) is 5.41 Å². The van der Waals surface area contributed by atoms with E-state index in [1.165, 1.54) is 0 Å². The summed E-state index contributed by atoms with van der Waals surface area (Å²) in [5.41, 5.74) is -0.214. The summed E-state index contributed by atoms with van der Waals surface area (Å²) >= 11 is 0. The lowest BCUT2D eigenvalue weighted by Gasteiger charge is -2.36. The van der Waals surface area contributed by atoms with Gasteiger partial charge in [0.2, 0.25) is 5.91 Å². The molecule has 0 aromatic heterocycles. The molecule has 2 rings (SSSR count). The molecule has 1 fully saturated rings. The van der Waals surface area contributed by atoms with Gasteiger partial charge in [0, 0.05) is 0 Å². The van der Waals surface area contributed by atoms with Crippen molar-refractivity contribution in [2.45, 2.75) is 32.2 Å². The highest BCUT2D eigenvalue weighted by Crippen LogP contribution is 2.41. The molecule has 0 heterocycles. The largest absolute Gasteiger partial charge is 0.480 e. The van der Waals surface area contributed by atoms with Gasteiger partial charge in [-0.2, -0.15) is 0 Å². The number of carbonyl (C=O) groups excluding carboxylic acids is 1. The first-order valence-corrected chi connectivity index (χ1v) is 6.15. The molecular weight excluding hydrogens is 230 g/mol. The van der Waals surface area contributed by atoms with Gasteiger partial charge in [-0.05, 0) is 25.3 Å². The van der Waals surface area contributed by atoms with Crippen molar-refractivity contribution in [1.82, 2.24) is 5.32 Å². The zero-order chi connectivity index (χ0) is 13.2. The molecule has 0 aliphatic heterocycles. The van der Waals surface area contributed by atoms with Crippen LogP contribution in [0.3, 0.4) is 0 Å². The van der Waals surface area contributed by atoms with E-state index >= 15 is 0 Å². The molecule has 1 aliphatic carbocycles. The predicted octanol–water partition coefficient (Wildman–Crippen LogP) is 2.12. The molecule has 1 aromatic carbocycles. The minimum Gasteiger partial charge on any atom is -0.480 e. The molecule has 4 nitrogen and oxygen atoms in total. The van der Waals surface area contributed by atoms with Gasteiger partial charge < -0.3 is 10.4 Å². The number of carboxylic acids is 1. The minimum atomic E-state index is -1.19. The summed E-state index contributed by atoms with van der Waals surface area (Å²) < 4.78 is 0. The standard InChI is InChI=1S/C14H17NO3/c1-10(11-6-3-2-4-7-11)15-12(16)14(13(17)18)8-5-9-14/h2-4,6-7,10H,5,8-9H2,1H3,(H,15,16)(H,17,18). The highest BCUT2D eigenvalue weighted by Gasteiger charge is 2.51. The van der Waals surface area contributed by atoms with Crippen molar-refractivity contribution in [3.63, 3.8) is 0 Å². The Bertz CT molecular complexity index is 451. The number of carboxylic acid groups (broad SMARTS) is 1. The molecule has 1 unspecified atom stereocenters. The topological polar surface area (TPSA) is 66.4 Å². The minimum absolute atomic E-state index is 0.171. The number of hydrogen-bond donors (Lipinski definition) is 2. The Balaban J connectivity index is 2.06. The van der Waals surface area contributed by atoms with E-state index in [-0.39, 0.29) is 11.9 Å². The Morgan fingerprint density at radius 1 is 1.28 bits per heavy atom. The van der Waals surface area contributed by atoms with E-state index < -0.39 is 11.4 Å². The number of amides is 1. The molecular formula is C14H17NO3. The first-order valence-electron chi connectivity index (χ1n) is 6.15. The Morgan fingerprint density at radius 3 is 2.33 bits per heavy atom. The molecule has 96 valence electrons. The van der Waals surface area contributed by atoms with Gasteiger partial charge in [0.05, 0.1) is 6.04 Å². The van der Waals surface area contributed by atoms with Crippen LogP contribution in [0.1, 0.15) is 37.8 Å². The molecule has 18 heavy (non-hydrogen) atoms. The SMILES string of the molecule is CC(NC(=O)C1(C(=O)O)CCC1)c1ccccc1. The zero-order valence-electron chi connectivity index (χ0n) is 10.3. The van der Waals surface area contributed by atoms with Crippen LogP contribution in [0.15, 0.2) is 30.3 Å². The summed E-state index contributed by atoms with van der Waals surface area (Å²) in [7, 11) is 0. The van der Waals surface area contributed by atoms with Crippen LogP contribution in [-0.2, 0) is 9.59 Å². The van der Waals surface area contributed by atoms with Gasteiger partial charge in [-0.15, -0.1) is 0 Å². The molecule has 4 heteroatoms. The second kappa shape index (κ2) is 4.80. The van der Waals surface area contributed by atoms with Crippen LogP contribution in [0.4, 0.5) is 0 Å². The van der Waals surface area contributed by atoms with Crippen LogP contribution in [-0.4, -0.2) is 17.0 Å². The Labute approximate surface area is 106 Å². The highest BCUT2D eigenvalue weighted by molar-refractivity contribution is 6.02. The summed E-state index contributed by atoms with van der Waals surface area (Å²) in [4.78, 5) is 23.3. The van der Waals surface area contributed by atoms with Crippen molar-refractivity contribution in [2.75, 3.05) is 0 Å². The Morgan fingerprint density at radius 2 is 1.89 bits per heavy atom. The van der Waals surface area contributed by atoms with Crippen molar-refractivity contribution in [3.8, 4) is 0 Å². The third-order valence-corrected chi connectivity index (χ3v) is 3.70. The second-order valence-corrected chi connectivity index (χ2v) is 4.85. The molecule has 0 radical (unpaired) electrons. The van der Waals surface area contributed by atoms with Crippen LogP contribution in [0.25, 0.3) is 0 Å². The number of rotatable bonds is 4. The van der Waals surface area contributed by atoms with Gasteiger partial charge in [-0.3, -0.25) is 9.59 Å². The lowest BCUT2D eigenvalue weighted by Crippen LogP contribution is -2.51. The monoisotopic (exact) mass is 247 g/mol.